The normalized spacial score (nSPS) is 10.6. The number of carbonyl (C=O) groups is 1. The second-order valence-electron chi connectivity index (χ2n) is 8.42. The Morgan fingerprint density at radius 2 is 1.58 bits per heavy atom. The predicted octanol–water partition coefficient (Wildman–Crippen LogP) is 6.17. The Hall–Kier alpha value is -3.47. The summed E-state index contributed by atoms with van der Waals surface area (Å²) in [6.45, 7) is 5.86. The lowest BCUT2D eigenvalue weighted by Gasteiger charge is -2.11. The van der Waals surface area contributed by atoms with Crippen molar-refractivity contribution in [1.29, 1.82) is 0 Å². The van der Waals surface area contributed by atoms with Crippen LogP contribution in [0.5, 0.6) is 11.5 Å². The number of hydrogen-bond donors (Lipinski definition) is 2. The van der Waals surface area contributed by atoms with Gasteiger partial charge in [0.1, 0.15) is 11.5 Å². The van der Waals surface area contributed by atoms with E-state index in [4.69, 9.17) is 9.47 Å². The Morgan fingerprint density at radius 1 is 0.818 bits per heavy atom. The number of ether oxygens (including phenoxy) is 2. The van der Waals surface area contributed by atoms with Crippen molar-refractivity contribution >= 4 is 17.3 Å². The van der Waals surface area contributed by atoms with Gasteiger partial charge in [0.25, 0.3) is 0 Å². The van der Waals surface area contributed by atoms with E-state index < -0.39 is 0 Å². The molecule has 3 aromatic rings. The summed E-state index contributed by atoms with van der Waals surface area (Å²) in [6.07, 6.45) is 2.96. The minimum Gasteiger partial charge on any atom is -0.494 e. The molecule has 1 amide bonds. The Labute approximate surface area is 197 Å². The zero-order valence-electron chi connectivity index (χ0n) is 19.6. The molecular weight excluding hydrogens is 412 g/mol. The number of hydrogen-bond acceptors (Lipinski definition) is 4. The maximum Gasteiger partial charge on any atom is 0.243 e. The summed E-state index contributed by atoms with van der Waals surface area (Å²) >= 11 is 0. The van der Waals surface area contributed by atoms with Crippen LogP contribution in [0, 0.1) is 5.92 Å². The zero-order valence-corrected chi connectivity index (χ0v) is 19.6. The van der Waals surface area contributed by atoms with Gasteiger partial charge in [-0.1, -0.05) is 50.2 Å². The lowest BCUT2D eigenvalue weighted by atomic mass is 10.1. The highest BCUT2D eigenvalue weighted by Crippen LogP contribution is 2.19. The van der Waals surface area contributed by atoms with E-state index in [1.807, 2.05) is 54.6 Å². The number of anilines is 2. The average molecular weight is 447 g/mol. The molecule has 0 aromatic heterocycles. The molecule has 0 aliphatic rings. The van der Waals surface area contributed by atoms with Crippen molar-refractivity contribution in [2.24, 2.45) is 5.92 Å². The van der Waals surface area contributed by atoms with E-state index in [9.17, 15) is 4.79 Å². The number of amides is 1. The molecule has 33 heavy (non-hydrogen) atoms. The van der Waals surface area contributed by atoms with Crippen molar-refractivity contribution in [3.63, 3.8) is 0 Å². The van der Waals surface area contributed by atoms with Gasteiger partial charge in [-0.3, -0.25) is 4.79 Å². The number of aryl methyl sites for hydroxylation is 1. The summed E-state index contributed by atoms with van der Waals surface area (Å²) in [6, 6.07) is 25.6. The van der Waals surface area contributed by atoms with Crippen LogP contribution in [0.15, 0.2) is 78.9 Å². The third-order valence-electron chi connectivity index (χ3n) is 5.11. The van der Waals surface area contributed by atoms with Gasteiger partial charge in [0.05, 0.1) is 19.8 Å². The third-order valence-corrected chi connectivity index (χ3v) is 5.11. The summed E-state index contributed by atoms with van der Waals surface area (Å²) in [5, 5.41) is 6.05. The van der Waals surface area contributed by atoms with Crippen molar-refractivity contribution < 1.29 is 14.3 Å². The van der Waals surface area contributed by atoms with Gasteiger partial charge >= 0.3 is 0 Å². The molecule has 0 atom stereocenters. The molecule has 174 valence electrons. The van der Waals surface area contributed by atoms with E-state index in [0.29, 0.717) is 19.1 Å². The van der Waals surface area contributed by atoms with Crippen LogP contribution in [0.2, 0.25) is 0 Å². The van der Waals surface area contributed by atoms with Crippen LogP contribution in [0.25, 0.3) is 0 Å². The molecule has 3 rings (SSSR count). The summed E-state index contributed by atoms with van der Waals surface area (Å²) in [5.41, 5.74) is 2.91. The summed E-state index contributed by atoms with van der Waals surface area (Å²) in [5.74, 6) is 2.11. The lowest BCUT2D eigenvalue weighted by molar-refractivity contribution is -0.114. The first kappa shape index (κ1) is 24.2. The Kier molecular flexibility index (Phi) is 9.64. The van der Waals surface area contributed by atoms with E-state index >= 15 is 0 Å². The van der Waals surface area contributed by atoms with E-state index in [0.717, 1.165) is 42.1 Å². The molecule has 0 fully saturated rings. The molecule has 3 aromatic carbocycles. The highest BCUT2D eigenvalue weighted by atomic mass is 16.5. The fourth-order valence-electron chi connectivity index (χ4n) is 3.24. The molecule has 5 nitrogen and oxygen atoms in total. The molecule has 0 aliphatic heterocycles. The number of nitrogens with one attached hydrogen (secondary N) is 2. The van der Waals surface area contributed by atoms with Gasteiger partial charge in [0.2, 0.25) is 5.91 Å². The maximum atomic E-state index is 12.3. The fraction of sp³-hybridized carbons (Fsp3) is 0.321. The molecular formula is C28H34N2O3. The SMILES string of the molecule is CC(C)CCOc1ccc(NC(=O)CNc2cccc(OCCCc3ccccc3)c2)cc1. The first-order valence-corrected chi connectivity index (χ1v) is 11.6. The highest BCUT2D eigenvalue weighted by Gasteiger charge is 2.04. The molecule has 0 radical (unpaired) electrons. The topological polar surface area (TPSA) is 59.6 Å². The monoisotopic (exact) mass is 446 g/mol. The van der Waals surface area contributed by atoms with Crippen LogP contribution in [-0.4, -0.2) is 25.7 Å². The predicted molar refractivity (Wildman–Crippen MR) is 135 cm³/mol. The van der Waals surface area contributed by atoms with Crippen LogP contribution in [0.4, 0.5) is 11.4 Å². The lowest BCUT2D eigenvalue weighted by Crippen LogP contribution is -2.21. The highest BCUT2D eigenvalue weighted by molar-refractivity contribution is 5.93. The molecule has 0 saturated carbocycles. The van der Waals surface area contributed by atoms with Crippen LogP contribution in [-0.2, 0) is 11.2 Å². The minimum absolute atomic E-state index is 0.113. The van der Waals surface area contributed by atoms with Gasteiger partial charge in [-0.2, -0.15) is 0 Å². The van der Waals surface area contributed by atoms with Gasteiger partial charge in [0.15, 0.2) is 0 Å². The first-order valence-electron chi connectivity index (χ1n) is 11.6. The molecule has 0 unspecified atom stereocenters. The van der Waals surface area contributed by atoms with Crippen molar-refractivity contribution in [2.45, 2.75) is 33.1 Å². The molecule has 0 heterocycles. The van der Waals surface area contributed by atoms with Gasteiger partial charge in [-0.05, 0) is 67.1 Å². The van der Waals surface area contributed by atoms with Crippen molar-refractivity contribution in [1.82, 2.24) is 0 Å². The molecule has 5 heteroatoms. The van der Waals surface area contributed by atoms with Crippen LogP contribution in [0.1, 0.15) is 32.3 Å². The summed E-state index contributed by atoms with van der Waals surface area (Å²) < 4.78 is 11.6. The van der Waals surface area contributed by atoms with Gasteiger partial charge in [0, 0.05) is 17.4 Å². The van der Waals surface area contributed by atoms with Gasteiger partial charge in [-0.25, -0.2) is 0 Å². The molecule has 0 saturated heterocycles. The van der Waals surface area contributed by atoms with Crippen LogP contribution < -0.4 is 20.1 Å². The van der Waals surface area contributed by atoms with Crippen molar-refractivity contribution in [3.05, 3.63) is 84.4 Å². The Balaban J connectivity index is 1.37. The second kappa shape index (κ2) is 13.2. The van der Waals surface area contributed by atoms with E-state index in [-0.39, 0.29) is 12.5 Å². The first-order chi connectivity index (χ1) is 16.1. The second-order valence-corrected chi connectivity index (χ2v) is 8.42. The van der Waals surface area contributed by atoms with Gasteiger partial charge in [-0.15, -0.1) is 0 Å². The number of rotatable bonds is 13. The summed E-state index contributed by atoms with van der Waals surface area (Å²) in [4.78, 5) is 12.3. The Morgan fingerprint density at radius 3 is 2.33 bits per heavy atom. The van der Waals surface area contributed by atoms with E-state index in [2.05, 4.69) is 48.7 Å². The summed E-state index contributed by atoms with van der Waals surface area (Å²) in [7, 11) is 0. The number of carbonyl (C=O) groups excluding carboxylic acids is 1. The minimum atomic E-state index is -0.113. The number of benzene rings is 3. The molecule has 0 spiro atoms. The van der Waals surface area contributed by atoms with Crippen molar-refractivity contribution in [3.8, 4) is 11.5 Å². The average Bonchev–Trinajstić information content (AvgIpc) is 2.82. The van der Waals surface area contributed by atoms with E-state index in [1.165, 1.54) is 5.56 Å². The molecule has 0 bridgehead atoms. The molecule has 2 N–H and O–H groups in total. The van der Waals surface area contributed by atoms with Crippen LogP contribution >= 0.6 is 0 Å². The standard InChI is InChI=1S/C28H34N2O3/c1-22(2)17-19-33-26-15-13-24(14-16-26)30-28(31)21-29-25-11-6-12-27(20-25)32-18-7-10-23-8-4-3-5-9-23/h3-6,8-9,11-16,20,22,29H,7,10,17-19,21H2,1-2H3,(H,30,31). The smallest absolute Gasteiger partial charge is 0.243 e. The Bertz CT molecular complexity index is 972. The fourth-order valence-corrected chi connectivity index (χ4v) is 3.24. The van der Waals surface area contributed by atoms with Crippen LogP contribution in [0.3, 0.4) is 0 Å². The zero-order chi connectivity index (χ0) is 23.3. The molecule has 0 aliphatic carbocycles. The largest absolute Gasteiger partial charge is 0.494 e. The maximum absolute atomic E-state index is 12.3. The quantitative estimate of drug-likeness (QED) is 0.308. The van der Waals surface area contributed by atoms with Gasteiger partial charge < -0.3 is 20.1 Å². The van der Waals surface area contributed by atoms with Crippen molar-refractivity contribution in [2.75, 3.05) is 30.4 Å². The van der Waals surface area contributed by atoms with E-state index in [1.54, 1.807) is 0 Å². The third kappa shape index (κ3) is 9.27.